The number of ketones is 1. The molecule has 0 spiro atoms. The largest absolute Gasteiger partial charge is 0.508 e. The molecule has 0 fully saturated rings. The van der Waals surface area contributed by atoms with Gasteiger partial charge in [0.15, 0.2) is 5.78 Å². The Morgan fingerprint density at radius 2 is 2.26 bits per heavy atom. The lowest BCUT2D eigenvalue weighted by Gasteiger charge is -2.12. The Hall–Kier alpha value is -2.30. The highest BCUT2D eigenvalue weighted by Crippen LogP contribution is 2.15. The van der Waals surface area contributed by atoms with Crippen LogP contribution in [0.25, 0.3) is 0 Å². The number of hydrogen-bond donors (Lipinski definition) is 1. The van der Waals surface area contributed by atoms with Crippen molar-refractivity contribution in [2.45, 2.75) is 19.4 Å². The van der Waals surface area contributed by atoms with Crippen LogP contribution in [0.15, 0.2) is 36.1 Å². The summed E-state index contributed by atoms with van der Waals surface area (Å²) in [4.78, 5) is 23.0. The first kappa shape index (κ1) is 13.1. The summed E-state index contributed by atoms with van der Waals surface area (Å²) in [6, 6.07) is 6.45. The first-order valence-corrected chi connectivity index (χ1v) is 5.92. The highest BCUT2D eigenvalue weighted by atomic mass is 16.5. The molecule has 19 heavy (non-hydrogen) atoms. The van der Waals surface area contributed by atoms with Crippen LogP contribution in [-0.4, -0.2) is 23.5 Å². The van der Waals surface area contributed by atoms with Crippen molar-refractivity contribution in [1.82, 2.24) is 0 Å². The molecule has 5 nitrogen and oxygen atoms in total. The van der Waals surface area contributed by atoms with Crippen LogP contribution in [0.5, 0.6) is 5.75 Å². The van der Waals surface area contributed by atoms with Crippen LogP contribution in [0.1, 0.15) is 18.4 Å². The number of phenols is 1. The molecule has 0 bridgehead atoms. The molecular formula is C14H14O5. The molecule has 0 atom stereocenters. The number of esters is 1. The predicted molar refractivity (Wildman–Crippen MR) is 66.2 cm³/mol. The van der Waals surface area contributed by atoms with E-state index in [0.717, 1.165) is 0 Å². The molecule has 0 amide bonds. The lowest BCUT2D eigenvalue weighted by Crippen LogP contribution is -2.16. The summed E-state index contributed by atoms with van der Waals surface area (Å²) in [5, 5.41) is 9.26. The molecule has 0 aliphatic carbocycles. The van der Waals surface area contributed by atoms with Crippen LogP contribution in [0.4, 0.5) is 0 Å². The Kier molecular flexibility index (Phi) is 4.18. The number of carbonyl (C=O) groups is 2. The number of carbonyl (C=O) groups excluding carboxylic acids is 2. The number of rotatable bonds is 4. The van der Waals surface area contributed by atoms with E-state index in [1.807, 2.05) is 0 Å². The van der Waals surface area contributed by atoms with Gasteiger partial charge in [-0.2, -0.15) is 0 Å². The van der Waals surface area contributed by atoms with Crippen molar-refractivity contribution >= 4 is 11.8 Å². The Labute approximate surface area is 110 Å². The predicted octanol–water partition coefficient (Wildman–Crippen LogP) is 1.70. The Balaban J connectivity index is 1.85. The van der Waals surface area contributed by atoms with E-state index in [4.69, 9.17) is 9.47 Å². The zero-order chi connectivity index (χ0) is 13.7. The highest BCUT2D eigenvalue weighted by Gasteiger charge is 2.18. The van der Waals surface area contributed by atoms with Gasteiger partial charge in [0.05, 0.1) is 19.3 Å². The summed E-state index contributed by atoms with van der Waals surface area (Å²) >= 11 is 0. The number of Topliss-reactive ketones (excluding diaryl/α,β-unsaturated/α-hetero) is 1. The molecule has 1 aromatic carbocycles. The van der Waals surface area contributed by atoms with Crippen LogP contribution < -0.4 is 0 Å². The zero-order valence-electron chi connectivity index (χ0n) is 10.3. The normalized spacial score (nSPS) is 14.5. The molecule has 2 rings (SSSR count). The molecule has 1 N–H and O–H groups in total. The fourth-order valence-electron chi connectivity index (χ4n) is 1.69. The summed E-state index contributed by atoms with van der Waals surface area (Å²) in [6.45, 7) is 0.427. The van der Waals surface area contributed by atoms with Crippen LogP contribution in [-0.2, 0) is 25.7 Å². The van der Waals surface area contributed by atoms with E-state index in [9.17, 15) is 14.7 Å². The van der Waals surface area contributed by atoms with Crippen LogP contribution in [0, 0.1) is 0 Å². The molecular weight excluding hydrogens is 248 g/mol. The van der Waals surface area contributed by atoms with Crippen LogP contribution in [0.2, 0.25) is 0 Å². The summed E-state index contributed by atoms with van der Waals surface area (Å²) < 4.78 is 10.0. The third kappa shape index (κ3) is 3.84. The quantitative estimate of drug-likeness (QED) is 0.836. The topological polar surface area (TPSA) is 72.8 Å². The fraction of sp³-hybridized carbons (Fsp3) is 0.286. The number of phenolic OH excluding ortho intramolecular Hbond substituents is 1. The molecule has 0 saturated heterocycles. The minimum absolute atomic E-state index is 0.0650. The van der Waals surface area contributed by atoms with Crippen molar-refractivity contribution < 1.29 is 24.2 Å². The third-order valence-corrected chi connectivity index (χ3v) is 2.68. The van der Waals surface area contributed by atoms with E-state index in [0.29, 0.717) is 24.2 Å². The lowest BCUT2D eigenvalue weighted by atomic mass is 10.1. The van der Waals surface area contributed by atoms with Crippen molar-refractivity contribution in [3.05, 3.63) is 41.7 Å². The second-order valence-corrected chi connectivity index (χ2v) is 4.19. The van der Waals surface area contributed by atoms with E-state index >= 15 is 0 Å². The fourth-order valence-corrected chi connectivity index (χ4v) is 1.69. The minimum Gasteiger partial charge on any atom is -0.508 e. The van der Waals surface area contributed by atoms with E-state index in [1.54, 1.807) is 12.1 Å². The van der Waals surface area contributed by atoms with Gasteiger partial charge in [0.25, 0.3) is 0 Å². The molecule has 0 aromatic heterocycles. The third-order valence-electron chi connectivity index (χ3n) is 2.68. The molecule has 0 unspecified atom stereocenters. The standard InChI is InChI=1S/C14H14O5/c15-12-3-1-2-10(6-12)8-19-14(17)7-11-9-18-5-4-13(11)16/h1-3,6,9,15H,4-5,7-8H2. The summed E-state index contributed by atoms with van der Waals surface area (Å²) in [7, 11) is 0. The lowest BCUT2D eigenvalue weighted by molar-refractivity contribution is -0.144. The Morgan fingerprint density at radius 3 is 3.00 bits per heavy atom. The Bertz CT molecular complexity index is 518. The van der Waals surface area contributed by atoms with Crippen molar-refractivity contribution in [1.29, 1.82) is 0 Å². The van der Waals surface area contributed by atoms with E-state index < -0.39 is 5.97 Å². The maximum absolute atomic E-state index is 11.6. The summed E-state index contributed by atoms with van der Waals surface area (Å²) in [6.07, 6.45) is 1.53. The zero-order valence-corrected chi connectivity index (χ0v) is 10.3. The van der Waals surface area contributed by atoms with Gasteiger partial charge in [0.1, 0.15) is 12.4 Å². The molecule has 5 heteroatoms. The van der Waals surface area contributed by atoms with Gasteiger partial charge >= 0.3 is 5.97 Å². The van der Waals surface area contributed by atoms with Gasteiger partial charge in [-0.15, -0.1) is 0 Å². The smallest absolute Gasteiger partial charge is 0.310 e. The Morgan fingerprint density at radius 1 is 1.42 bits per heavy atom. The number of ether oxygens (including phenoxy) is 2. The monoisotopic (exact) mass is 262 g/mol. The number of benzene rings is 1. The van der Waals surface area contributed by atoms with E-state index in [2.05, 4.69) is 0 Å². The van der Waals surface area contributed by atoms with Gasteiger partial charge in [-0.3, -0.25) is 9.59 Å². The second kappa shape index (κ2) is 6.04. The average molecular weight is 262 g/mol. The average Bonchev–Trinajstić information content (AvgIpc) is 2.39. The van der Waals surface area contributed by atoms with Crippen LogP contribution in [0.3, 0.4) is 0 Å². The first-order valence-electron chi connectivity index (χ1n) is 5.92. The van der Waals surface area contributed by atoms with Gasteiger partial charge in [-0.25, -0.2) is 0 Å². The SMILES string of the molecule is O=C(CC1=COCCC1=O)OCc1cccc(O)c1. The van der Waals surface area contributed by atoms with Crippen LogP contribution >= 0.6 is 0 Å². The minimum atomic E-state index is -0.492. The van der Waals surface area contributed by atoms with Gasteiger partial charge < -0.3 is 14.6 Å². The van der Waals surface area contributed by atoms with Crippen molar-refractivity contribution in [2.75, 3.05) is 6.61 Å². The number of hydrogen-bond acceptors (Lipinski definition) is 5. The van der Waals surface area contributed by atoms with E-state index in [-0.39, 0.29) is 24.6 Å². The van der Waals surface area contributed by atoms with E-state index in [1.165, 1.54) is 18.4 Å². The summed E-state index contributed by atoms with van der Waals surface area (Å²) in [5.41, 5.74) is 1.03. The summed E-state index contributed by atoms with van der Waals surface area (Å²) in [5.74, 6) is -0.457. The molecule has 1 aliphatic rings. The maximum Gasteiger partial charge on any atom is 0.310 e. The van der Waals surface area contributed by atoms with Crippen molar-refractivity contribution in [2.24, 2.45) is 0 Å². The molecule has 0 radical (unpaired) electrons. The second-order valence-electron chi connectivity index (χ2n) is 4.19. The van der Waals surface area contributed by atoms with Crippen molar-refractivity contribution in [3.63, 3.8) is 0 Å². The molecule has 1 aromatic rings. The van der Waals surface area contributed by atoms with Gasteiger partial charge in [-0.1, -0.05) is 12.1 Å². The van der Waals surface area contributed by atoms with Gasteiger partial charge in [0.2, 0.25) is 0 Å². The maximum atomic E-state index is 11.6. The molecule has 1 aliphatic heterocycles. The number of aromatic hydroxyl groups is 1. The van der Waals surface area contributed by atoms with Crippen molar-refractivity contribution in [3.8, 4) is 5.75 Å². The van der Waals surface area contributed by atoms with Gasteiger partial charge in [0, 0.05) is 12.0 Å². The molecule has 100 valence electrons. The van der Waals surface area contributed by atoms with Gasteiger partial charge in [-0.05, 0) is 17.7 Å². The molecule has 1 heterocycles. The highest BCUT2D eigenvalue weighted by molar-refractivity contribution is 5.99. The first-order chi connectivity index (χ1) is 9.15. The molecule has 0 saturated carbocycles.